The fourth-order valence-electron chi connectivity index (χ4n) is 2.88. The largest absolute Gasteiger partial charge is 0.302 e. The lowest BCUT2D eigenvalue weighted by Gasteiger charge is -2.25. The molecule has 0 radical (unpaired) electrons. The molecule has 1 aromatic heterocycles. The third-order valence-corrected chi connectivity index (χ3v) is 4.13. The second kappa shape index (κ2) is 4.88. The SMILES string of the molecule is CC(C)c1ccc2nc3c(c(C#N)c2c1)CN(C)CC3. The van der Waals surface area contributed by atoms with E-state index in [0.717, 1.165) is 47.2 Å². The maximum absolute atomic E-state index is 9.61. The molecule has 2 heterocycles. The van der Waals surface area contributed by atoms with Crippen LogP contribution in [0.15, 0.2) is 18.2 Å². The monoisotopic (exact) mass is 265 g/mol. The number of nitriles is 1. The van der Waals surface area contributed by atoms with Crippen molar-refractivity contribution >= 4 is 10.9 Å². The Kier molecular flexibility index (Phi) is 3.19. The van der Waals surface area contributed by atoms with Crippen molar-refractivity contribution in [3.8, 4) is 6.07 Å². The van der Waals surface area contributed by atoms with Gasteiger partial charge in [-0.25, -0.2) is 0 Å². The van der Waals surface area contributed by atoms with Gasteiger partial charge in [0.2, 0.25) is 0 Å². The van der Waals surface area contributed by atoms with Crippen LogP contribution in [0.4, 0.5) is 0 Å². The van der Waals surface area contributed by atoms with Crippen LogP contribution in [0.25, 0.3) is 10.9 Å². The summed E-state index contributed by atoms with van der Waals surface area (Å²) in [5.41, 5.74) is 5.26. The van der Waals surface area contributed by atoms with E-state index in [4.69, 9.17) is 4.98 Å². The maximum Gasteiger partial charge on any atom is 0.100 e. The molecule has 102 valence electrons. The fraction of sp³-hybridized carbons (Fsp3) is 0.412. The van der Waals surface area contributed by atoms with Crippen LogP contribution in [0.3, 0.4) is 0 Å². The second-order valence-electron chi connectivity index (χ2n) is 5.94. The summed E-state index contributed by atoms with van der Waals surface area (Å²) in [5, 5.41) is 10.6. The first-order valence-corrected chi connectivity index (χ1v) is 7.14. The van der Waals surface area contributed by atoms with Crippen LogP contribution in [0.5, 0.6) is 0 Å². The Balaban J connectivity index is 2.29. The van der Waals surface area contributed by atoms with Crippen molar-refractivity contribution in [2.45, 2.75) is 32.7 Å². The number of pyridine rings is 1. The molecule has 0 bridgehead atoms. The summed E-state index contributed by atoms with van der Waals surface area (Å²) in [5.74, 6) is 0.463. The average Bonchev–Trinajstić information content (AvgIpc) is 2.44. The molecule has 20 heavy (non-hydrogen) atoms. The van der Waals surface area contributed by atoms with Gasteiger partial charge in [0.15, 0.2) is 0 Å². The quantitative estimate of drug-likeness (QED) is 0.795. The first-order valence-electron chi connectivity index (χ1n) is 7.14. The predicted octanol–water partition coefficient (Wildman–Crippen LogP) is 3.22. The summed E-state index contributed by atoms with van der Waals surface area (Å²) in [6, 6.07) is 8.74. The lowest BCUT2D eigenvalue weighted by molar-refractivity contribution is 0.310. The molecular formula is C17H19N3. The molecule has 0 aliphatic carbocycles. The van der Waals surface area contributed by atoms with Crippen molar-refractivity contribution in [2.24, 2.45) is 0 Å². The third-order valence-electron chi connectivity index (χ3n) is 4.13. The Bertz CT molecular complexity index is 710. The molecule has 2 aromatic rings. The highest BCUT2D eigenvalue weighted by Crippen LogP contribution is 2.29. The van der Waals surface area contributed by atoms with Gasteiger partial charge in [0, 0.05) is 36.2 Å². The topological polar surface area (TPSA) is 39.9 Å². The molecule has 1 aliphatic rings. The van der Waals surface area contributed by atoms with E-state index in [2.05, 4.69) is 50.1 Å². The molecule has 0 saturated carbocycles. The number of rotatable bonds is 1. The highest BCUT2D eigenvalue weighted by Gasteiger charge is 2.20. The summed E-state index contributed by atoms with van der Waals surface area (Å²) in [6.45, 7) is 6.19. The molecule has 0 N–H and O–H groups in total. The van der Waals surface area contributed by atoms with E-state index in [1.807, 2.05) is 0 Å². The van der Waals surface area contributed by atoms with Crippen LogP contribution in [-0.2, 0) is 13.0 Å². The normalized spacial score (nSPS) is 15.3. The molecular weight excluding hydrogens is 246 g/mol. The van der Waals surface area contributed by atoms with Gasteiger partial charge in [0.05, 0.1) is 11.1 Å². The van der Waals surface area contributed by atoms with Crippen molar-refractivity contribution in [2.75, 3.05) is 13.6 Å². The lowest BCUT2D eigenvalue weighted by Crippen LogP contribution is -2.28. The van der Waals surface area contributed by atoms with Crippen LogP contribution in [0.1, 0.15) is 42.1 Å². The Morgan fingerprint density at radius 2 is 2.15 bits per heavy atom. The fourth-order valence-corrected chi connectivity index (χ4v) is 2.88. The van der Waals surface area contributed by atoms with Gasteiger partial charge < -0.3 is 4.90 Å². The molecule has 0 fully saturated rings. The van der Waals surface area contributed by atoms with Crippen molar-refractivity contribution < 1.29 is 0 Å². The minimum atomic E-state index is 0.463. The van der Waals surface area contributed by atoms with Gasteiger partial charge in [0.25, 0.3) is 0 Å². The zero-order chi connectivity index (χ0) is 14.3. The van der Waals surface area contributed by atoms with Gasteiger partial charge in [-0.2, -0.15) is 5.26 Å². The smallest absolute Gasteiger partial charge is 0.100 e. The Morgan fingerprint density at radius 3 is 2.85 bits per heavy atom. The molecule has 0 spiro atoms. The van der Waals surface area contributed by atoms with Crippen molar-refractivity contribution in [3.63, 3.8) is 0 Å². The number of hydrogen-bond acceptors (Lipinski definition) is 3. The van der Waals surface area contributed by atoms with Gasteiger partial charge in [-0.15, -0.1) is 0 Å². The van der Waals surface area contributed by atoms with E-state index in [0.29, 0.717) is 5.92 Å². The van der Waals surface area contributed by atoms with Crippen LogP contribution in [0, 0.1) is 11.3 Å². The number of hydrogen-bond donors (Lipinski definition) is 0. The highest BCUT2D eigenvalue weighted by atomic mass is 15.1. The Morgan fingerprint density at radius 1 is 1.35 bits per heavy atom. The molecule has 0 amide bonds. The van der Waals surface area contributed by atoms with E-state index in [1.54, 1.807) is 0 Å². The average molecular weight is 265 g/mol. The van der Waals surface area contributed by atoms with Gasteiger partial charge in [-0.05, 0) is 30.7 Å². The highest BCUT2D eigenvalue weighted by molar-refractivity contribution is 5.87. The zero-order valence-electron chi connectivity index (χ0n) is 12.3. The third kappa shape index (κ3) is 2.07. The van der Waals surface area contributed by atoms with Gasteiger partial charge in [-0.1, -0.05) is 19.9 Å². The van der Waals surface area contributed by atoms with Gasteiger partial charge in [0.1, 0.15) is 6.07 Å². The number of likely N-dealkylation sites (N-methyl/N-ethyl adjacent to an activating group) is 1. The zero-order valence-corrected chi connectivity index (χ0v) is 12.3. The number of nitrogens with zero attached hydrogens (tertiary/aromatic N) is 3. The summed E-state index contributed by atoms with van der Waals surface area (Å²) in [4.78, 5) is 7.03. The minimum absolute atomic E-state index is 0.463. The van der Waals surface area contributed by atoms with E-state index >= 15 is 0 Å². The van der Waals surface area contributed by atoms with Crippen LogP contribution in [-0.4, -0.2) is 23.5 Å². The lowest BCUT2D eigenvalue weighted by atomic mass is 9.94. The predicted molar refractivity (Wildman–Crippen MR) is 80.6 cm³/mol. The molecule has 1 aromatic carbocycles. The standard InChI is InChI=1S/C17H19N3/c1-11(2)12-4-5-16-13(8-12)14(9-18)15-10-20(3)7-6-17(15)19-16/h4-5,8,11H,6-7,10H2,1-3H3. The van der Waals surface area contributed by atoms with E-state index in [1.165, 1.54) is 5.56 Å². The molecule has 3 heteroatoms. The Hall–Kier alpha value is -1.92. The molecule has 0 atom stereocenters. The molecule has 0 saturated heterocycles. The molecule has 0 unspecified atom stereocenters. The maximum atomic E-state index is 9.61. The second-order valence-corrected chi connectivity index (χ2v) is 5.94. The summed E-state index contributed by atoms with van der Waals surface area (Å²) < 4.78 is 0. The number of fused-ring (bicyclic) bond motifs is 2. The van der Waals surface area contributed by atoms with Gasteiger partial charge >= 0.3 is 0 Å². The van der Waals surface area contributed by atoms with Crippen molar-refractivity contribution in [3.05, 3.63) is 40.6 Å². The van der Waals surface area contributed by atoms with E-state index in [-0.39, 0.29) is 0 Å². The summed E-state index contributed by atoms with van der Waals surface area (Å²) in [7, 11) is 2.10. The Labute approximate surface area is 119 Å². The van der Waals surface area contributed by atoms with Crippen molar-refractivity contribution in [1.29, 1.82) is 5.26 Å². The van der Waals surface area contributed by atoms with Crippen LogP contribution < -0.4 is 0 Å². The molecule has 3 rings (SSSR count). The first kappa shape index (κ1) is 13.1. The minimum Gasteiger partial charge on any atom is -0.302 e. The first-order chi connectivity index (χ1) is 9.60. The number of benzene rings is 1. The summed E-state index contributed by atoms with van der Waals surface area (Å²) >= 11 is 0. The molecule has 3 nitrogen and oxygen atoms in total. The van der Waals surface area contributed by atoms with E-state index < -0.39 is 0 Å². The van der Waals surface area contributed by atoms with Crippen LogP contribution >= 0.6 is 0 Å². The van der Waals surface area contributed by atoms with Crippen molar-refractivity contribution in [1.82, 2.24) is 9.88 Å². The van der Waals surface area contributed by atoms with E-state index in [9.17, 15) is 5.26 Å². The summed E-state index contributed by atoms with van der Waals surface area (Å²) in [6.07, 6.45) is 0.933. The van der Waals surface area contributed by atoms with Gasteiger partial charge in [-0.3, -0.25) is 4.98 Å². The van der Waals surface area contributed by atoms with Crippen LogP contribution in [0.2, 0.25) is 0 Å². The number of aromatic nitrogens is 1. The molecule has 1 aliphatic heterocycles.